The molecule has 100 valence electrons. The summed E-state index contributed by atoms with van der Waals surface area (Å²) in [5.41, 5.74) is 4.77. The van der Waals surface area contributed by atoms with Gasteiger partial charge in [0.25, 0.3) is 0 Å². The number of amides is 1. The molecule has 1 aliphatic rings. The molecule has 1 rings (SSSR count). The zero-order valence-corrected chi connectivity index (χ0v) is 11.2. The molecule has 1 aliphatic heterocycles. The first-order chi connectivity index (χ1) is 7.76. The maximum atomic E-state index is 11.7. The molecule has 7 heteroatoms. The molecule has 17 heavy (non-hydrogen) atoms. The predicted octanol–water partition coefficient (Wildman–Crippen LogP) is -1.43. The van der Waals surface area contributed by atoms with E-state index in [0.29, 0.717) is 19.5 Å². The second kappa shape index (κ2) is 5.32. The number of likely N-dealkylation sites (N-methyl/N-ethyl adjacent to an activating group) is 1. The van der Waals surface area contributed by atoms with E-state index in [9.17, 15) is 13.2 Å². The molecule has 6 nitrogen and oxygen atoms in total. The number of hydrogen-bond acceptors (Lipinski definition) is 5. The lowest BCUT2D eigenvalue weighted by Crippen LogP contribution is -2.50. The number of rotatable bonds is 5. The van der Waals surface area contributed by atoms with Gasteiger partial charge in [-0.1, -0.05) is 0 Å². The summed E-state index contributed by atoms with van der Waals surface area (Å²) in [4.78, 5) is 13.5. The largest absolute Gasteiger partial charge is 0.349 e. The van der Waals surface area contributed by atoms with Crippen molar-refractivity contribution in [3.8, 4) is 0 Å². The molecule has 0 bridgehead atoms. The van der Waals surface area contributed by atoms with Crippen LogP contribution in [-0.2, 0) is 14.6 Å². The molecular weight excluding hydrogens is 242 g/mol. The summed E-state index contributed by atoms with van der Waals surface area (Å²) < 4.78 is 22.7. The van der Waals surface area contributed by atoms with Gasteiger partial charge in [-0.15, -0.1) is 0 Å². The monoisotopic (exact) mass is 263 g/mol. The lowest BCUT2D eigenvalue weighted by Gasteiger charge is -2.25. The Bertz CT molecular complexity index is 382. The number of carbonyl (C=O) groups is 1. The van der Waals surface area contributed by atoms with Gasteiger partial charge < -0.3 is 11.1 Å². The molecule has 3 N–H and O–H groups in total. The van der Waals surface area contributed by atoms with Gasteiger partial charge in [0.1, 0.15) is 0 Å². The van der Waals surface area contributed by atoms with E-state index in [1.165, 1.54) is 0 Å². The quantitative estimate of drug-likeness (QED) is 0.634. The number of nitrogens with two attached hydrogens (primary N) is 1. The lowest BCUT2D eigenvalue weighted by molar-refractivity contribution is -0.123. The second-order valence-corrected chi connectivity index (χ2v) is 7.16. The number of sulfone groups is 1. The van der Waals surface area contributed by atoms with Gasteiger partial charge in [0, 0.05) is 13.1 Å². The van der Waals surface area contributed by atoms with Crippen LogP contribution in [0.1, 0.15) is 13.3 Å². The Hall–Kier alpha value is -0.660. The number of hydrogen-bond donors (Lipinski definition) is 2. The van der Waals surface area contributed by atoms with Crippen molar-refractivity contribution in [2.75, 3.05) is 38.2 Å². The highest BCUT2D eigenvalue weighted by molar-refractivity contribution is 7.91. The second-order valence-electron chi connectivity index (χ2n) is 4.98. The van der Waals surface area contributed by atoms with Crippen molar-refractivity contribution < 1.29 is 13.2 Å². The van der Waals surface area contributed by atoms with E-state index in [-0.39, 0.29) is 24.0 Å². The smallest absolute Gasteiger partial charge is 0.234 e. The van der Waals surface area contributed by atoms with Crippen molar-refractivity contribution >= 4 is 15.7 Å². The summed E-state index contributed by atoms with van der Waals surface area (Å²) in [6.07, 6.45) is 0.488. The van der Waals surface area contributed by atoms with Crippen LogP contribution in [0.3, 0.4) is 0 Å². The minimum atomic E-state index is -2.99. The highest BCUT2D eigenvalue weighted by atomic mass is 32.2. The van der Waals surface area contributed by atoms with Gasteiger partial charge in [0.15, 0.2) is 9.84 Å². The average molecular weight is 263 g/mol. The molecular formula is C10H21N3O3S. The third-order valence-electron chi connectivity index (χ3n) is 2.87. The summed E-state index contributed by atoms with van der Waals surface area (Å²) in [6, 6.07) is 0. The Morgan fingerprint density at radius 3 is 2.65 bits per heavy atom. The molecule has 0 aliphatic carbocycles. The summed E-state index contributed by atoms with van der Waals surface area (Å²) >= 11 is 0. The van der Waals surface area contributed by atoms with Gasteiger partial charge in [-0.2, -0.15) is 0 Å². The van der Waals surface area contributed by atoms with Crippen molar-refractivity contribution in [1.29, 1.82) is 0 Å². The van der Waals surface area contributed by atoms with E-state index in [2.05, 4.69) is 5.32 Å². The Labute approximate surface area is 102 Å². The van der Waals surface area contributed by atoms with Crippen LogP contribution in [0.25, 0.3) is 0 Å². The summed E-state index contributed by atoms with van der Waals surface area (Å²) in [6.45, 7) is 3.16. The Balaban J connectivity index is 2.46. The van der Waals surface area contributed by atoms with Crippen LogP contribution in [0, 0.1) is 0 Å². The van der Waals surface area contributed by atoms with Gasteiger partial charge in [0.05, 0.1) is 23.6 Å². The van der Waals surface area contributed by atoms with Crippen LogP contribution < -0.4 is 11.1 Å². The lowest BCUT2D eigenvalue weighted by atomic mass is 10.0. The van der Waals surface area contributed by atoms with Gasteiger partial charge >= 0.3 is 0 Å². The molecule has 1 fully saturated rings. The van der Waals surface area contributed by atoms with Crippen LogP contribution in [-0.4, -0.2) is 63.0 Å². The normalized spacial score (nSPS) is 27.3. The van der Waals surface area contributed by atoms with Crippen molar-refractivity contribution in [2.45, 2.75) is 18.9 Å². The Morgan fingerprint density at radius 2 is 2.18 bits per heavy atom. The van der Waals surface area contributed by atoms with Crippen LogP contribution in [0.4, 0.5) is 0 Å². The fourth-order valence-electron chi connectivity index (χ4n) is 2.03. The fraction of sp³-hybridized carbons (Fsp3) is 0.900. The molecule has 1 atom stereocenters. The molecule has 0 aromatic carbocycles. The fourth-order valence-corrected chi connectivity index (χ4v) is 4.12. The zero-order chi connectivity index (χ0) is 13.1. The van der Waals surface area contributed by atoms with Crippen LogP contribution in [0.2, 0.25) is 0 Å². The molecule has 1 saturated heterocycles. The molecule has 0 aromatic heterocycles. The van der Waals surface area contributed by atoms with E-state index < -0.39 is 15.4 Å². The summed E-state index contributed by atoms with van der Waals surface area (Å²) in [5, 5.41) is 2.80. The van der Waals surface area contributed by atoms with E-state index in [1.54, 1.807) is 14.0 Å². The van der Waals surface area contributed by atoms with E-state index in [1.807, 2.05) is 4.90 Å². The number of carbonyl (C=O) groups excluding carboxylic acids is 1. The highest BCUT2D eigenvalue weighted by Gasteiger charge is 2.39. The third kappa shape index (κ3) is 4.61. The van der Waals surface area contributed by atoms with Crippen molar-refractivity contribution in [1.82, 2.24) is 10.2 Å². The predicted molar refractivity (Wildman–Crippen MR) is 66.4 cm³/mol. The van der Waals surface area contributed by atoms with Crippen molar-refractivity contribution in [3.05, 3.63) is 0 Å². The van der Waals surface area contributed by atoms with Gasteiger partial charge in [-0.25, -0.2) is 8.42 Å². The van der Waals surface area contributed by atoms with Crippen molar-refractivity contribution in [2.24, 2.45) is 5.73 Å². The Kier molecular flexibility index (Phi) is 4.51. The molecule has 1 amide bonds. The minimum absolute atomic E-state index is 0.0341. The molecule has 1 unspecified atom stereocenters. The molecule has 1 heterocycles. The zero-order valence-electron chi connectivity index (χ0n) is 10.4. The SMILES string of the molecule is CN(CCN)CC(=O)NC1(C)CCS(=O)(=O)C1. The summed E-state index contributed by atoms with van der Waals surface area (Å²) in [7, 11) is -1.18. The highest BCUT2D eigenvalue weighted by Crippen LogP contribution is 2.22. The van der Waals surface area contributed by atoms with Crippen molar-refractivity contribution in [3.63, 3.8) is 0 Å². The maximum Gasteiger partial charge on any atom is 0.234 e. The molecule has 0 saturated carbocycles. The minimum Gasteiger partial charge on any atom is -0.349 e. The maximum absolute atomic E-state index is 11.7. The first-order valence-corrected chi connectivity index (χ1v) is 7.48. The molecule has 0 aromatic rings. The van der Waals surface area contributed by atoms with Gasteiger partial charge in [0.2, 0.25) is 5.91 Å². The number of nitrogens with zero attached hydrogens (tertiary/aromatic N) is 1. The molecule has 0 radical (unpaired) electrons. The van der Waals surface area contributed by atoms with E-state index in [4.69, 9.17) is 5.73 Å². The van der Waals surface area contributed by atoms with Gasteiger partial charge in [-0.05, 0) is 20.4 Å². The van der Waals surface area contributed by atoms with Gasteiger partial charge in [-0.3, -0.25) is 9.69 Å². The standard InChI is InChI=1S/C10H21N3O3S/c1-10(3-6-17(15,16)8-10)12-9(14)7-13(2)5-4-11/h3-8,11H2,1-2H3,(H,12,14). The van der Waals surface area contributed by atoms with E-state index >= 15 is 0 Å². The van der Waals surface area contributed by atoms with E-state index in [0.717, 1.165) is 0 Å². The van der Waals surface area contributed by atoms with Crippen LogP contribution in [0.15, 0.2) is 0 Å². The Morgan fingerprint density at radius 1 is 1.53 bits per heavy atom. The van der Waals surface area contributed by atoms with Crippen LogP contribution in [0.5, 0.6) is 0 Å². The van der Waals surface area contributed by atoms with Crippen LogP contribution >= 0.6 is 0 Å². The molecule has 0 spiro atoms. The average Bonchev–Trinajstić information content (AvgIpc) is 2.39. The number of nitrogens with one attached hydrogen (secondary N) is 1. The third-order valence-corrected chi connectivity index (χ3v) is 4.77. The summed E-state index contributed by atoms with van der Waals surface area (Å²) in [5.74, 6) is 0.0370. The first kappa shape index (κ1) is 14.4. The first-order valence-electron chi connectivity index (χ1n) is 5.66. The topological polar surface area (TPSA) is 92.5 Å².